The molecule has 0 atom stereocenters. The number of aryl methyl sites for hydroxylation is 1. The van der Waals surface area contributed by atoms with Gasteiger partial charge in [0, 0.05) is 28.6 Å². The van der Waals surface area contributed by atoms with E-state index in [2.05, 4.69) is 18.8 Å². The molecule has 5 heteroatoms. The van der Waals surface area contributed by atoms with E-state index >= 15 is 0 Å². The summed E-state index contributed by atoms with van der Waals surface area (Å²) in [7, 11) is -1.52. The van der Waals surface area contributed by atoms with Crippen molar-refractivity contribution in [1.82, 2.24) is 4.98 Å². The lowest BCUT2D eigenvalue weighted by Gasteiger charge is -2.04. The fourth-order valence-electron chi connectivity index (χ4n) is 2.95. The van der Waals surface area contributed by atoms with E-state index in [0.717, 1.165) is 21.9 Å². The van der Waals surface area contributed by atoms with Gasteiger partial charge in [0.15, 0.2) is 0 Å². The van der Waals surface area contributed by atoms with Gasteiger partial charge in [-0.25, -0.2) is 0 Å². The number of rotatable bonds is 2. The average molecular weight is 347 g/mol. The molecule has 0 saturated heterocycles. The van der Waals surface area contributed by atoms with E-state index in [0.29, 0.717) is 17.0 Å². The second kappa shape index (κ2) is 7.73. The minimum Gasteiger partial charge on any atom is -0.456 e. The molecule has 4 rings (SSSR count). The Bertz CT molecular complexity index is 948. The van der Waals surface area contributed by atoms with Gasteiger partial charge in [-0.15, -0.1) is 0 Å². The molecule has 0 radical (unpaired) electrons. The molecule has 2 aromatic carbocycles. The molecular weight excluding hydrogens is 325 g/mol. The third-order valence-electron chi connectivity index (χ3n) is 4.33. The number of pyridine rings is 1. The highest BCUT2D eigenvalue weighted by molar-refractivity contribution is 6.61. The maximum Gasteiger partial charge on any atom is 0.492 e. The molecule has 2 N–H and O–H groups in total. The van der Waals surface area contributed by atoms with Crippen LogP contribution in [0.4, 0.5) is 0 Å². The van der Waals surface area contributed by atoms with Gasteiger partial charge >= 0.3 is 7.12 Å². The van der Waals surface area contributed by atoms with Crippen molar-refractivity contribution in [3.8, 4) is 0 Å². The Morgan fingerprint density at radius 2 is 1.50 bits per heavy atom. The standard InChI is InChI=1S/C15H15BO3.C6H7N/c1-9(2)10-5-3-6-11-12-7-4-8-13(16(17)18)15(12)19-14(10)11;1-6-2-4-7-5-3-6/h3-9,17-18H,1-2H3;2-5H,1H3. The third kappa shape index (κ3) is 3.64. The summed E-state index contributed by atoms with van der Waals surface area (Å²) in [6.45, 7) is 6.27. The van der Waals surface area contributed by atoms with Gasteiger partial charge in [0.05, 0.1) is 0 Å². The van der Waals surface area contributed by atoms with Gasteiger partial charge in [-0.2, -0.15) is 0 Å². The van der Waals surface area contributed by atoms with Crippen molar-refractivity contribution in [1.29, 1.82) is 0 Å². The van der Waals surface area contributed by atoms with Gasteiger partial charge in [-0.05, 0) is 36.1 Å². The summed E-state index contributed by atoms with van der Waals surface area (Å²) in [4.78, 5) is 3.85. The fourth-order valence-corrected chi connectivity index (χ4v) is 2.95. The van der Waals surface area contributed by atoms with E-state index in [1.807, 2.05) is 49.4 Å². The molecule has 0 aliphatic carbocycles. The summed E-state index contributed by atoms with van der Waals surface area (Å²) in [5, 5.41) is 20.8. The zero-order valence-corrected chi connectivity index (χ0v) is 15.2. The maximum absolute atomic E-state index is 9.42. The van der Waals surface area contributed by atoms with Gasteiger partial charge in [0.1, 0.15) is 11.2 Å². The van der Waals surface area contributed by atoms with Crippen molar-refractivity contribution >= 4 is 34.5 Å². The first-order chi connectivity index (χ1) is 12.5. The SMILES string of the molecule is CC(C)c1cccc2c1oc1c(B(O)O)cccc12.Cc1ccncc1. The molecule has 4 aromatic rings. The predicted octanol–water partition coefficient (Wildman–Crippen LogP) is 3.78. The van der Waals surface area contributed by atoms with Crippen molar-refractivity contribution in [3.63, 3.8) is 0 Å². The Morgan fingerprint density at radius 1 is 0.885 bits per heavy atom. The Morgan fingerprint density at radius 3 is 2.04 bits per heavy atom. The quantitative estimate of drug-likeness (QED) is 0.542. The highest BCUT2D eigenvalue weighted by atomic mass is 16.4. The van der Waals surface area contributed by atoms with Crippen LogP contribution >= 0.6 is 0 Å². The van der Waals surface area contributed by atoms with Crippen LogP contribution in [0.25, 0.3) is 21.9 Å². The monoisotopic (exact) mass is 347 g/mol. The molecule has 0 spiro atoms. The molecule has 0 bridgehead atoms. The van der Waals surface area contributed by atoms with Crippen molar-refractivity contribution in [2.75, 3.05) is 0 Å². The molecule has 2 heterocycles. The van der Waals surface area contributed by atoms with Crippen molar-refractivity contribution in [2.45, 2.75) is 26.7 Å². The molecule has 4 nitrogen and oxygen atoms in total. The second-order valence-electron chi connectivity index (χ2n) is 6.60. The molecule has 0 fully saturated rings. The summed E-state index contributed by atoms with van der Waals surface area (Å²) in [5.41, 5.74) is 4.19. The molecule has 0 amide bonds. The van der Waals surface area contributed by atoms with E-state index < -0.39 is 7.12 Å². The Labute approximate surface area is 153 Å². The zero-order chi connectivity index (χ0) is 18.7. The summed E-state index contributed by atoms with van der Waals surface area (Å²) in [6, 6.07) is 15.4. The van der Waals surface area contributed by atoms with Crippen LogP contribution in [-0.2, 0) is 0 Å². The molecule has 0 aliphatic heterocycles. The predicted molar refractivity (Wildman–Crippen MR) is 107 cm³/mol. The van der Waals surface area contributed by atoms with Crippen LogP contribution in [0.5, 0.6) is 0 Å². The number of benzene rings is 2. The molecular formula is C21H22BNO3. The summed E-state index contributed by atoms with van der Waals surface area (Å²) < 4.78 is 5.92. The van der Waals surface area contributed by atoms with Crippen molar-refractivity contribution < 1.29 is 14.5 Å². The van der Waals surface area contributed by atoms with E-state index in [1.165, 1.54) is 5.56 Å². The normalized spacial score (nSPS) is 10.8. The van der Waals surface area contributed by atoms with E-state index in [9.17, 15) is 10.0 Å². The van der Waals surface area contributed by atoms with Crippen LogP contribution in [0, 0.1) is 6.92 Å². The lowest BCUT2D eigenvalue weighted by Crippen LogP contribution is -2.29. The minimum atomic E-state index is -1.52. The average Bonchev–Trinajstić information content (AvgIpc) is 3.01. The highest BCUT2D eigenvalue weighted by Crippen LogP contribution is 2.33. The minimum absolute atomic E-state index is 0.353. The number of furan rings is 1. The van der Waals surface area contributed by atoms with Crippen molar-refractivity contribution in [3.05, 3.63) is 72.1 Å². The van der Waals surface area contributed by atoms with Gasteiger partial charge in [0.2, 0.25) is 0 Å². The topological polar surface area (TPSA) is 66.5 Å². The molecule has 0 unspecified atom stereocenters. The van der Waals surface area contributed by atoms with Crippen LogP contribution in [0.15, 0.2) is 65.3 Å². The van der Waals surface area contributed by atoms with Crippen molar-refractivity contribution in [2.24, 2.45) is 0 Å². The van der Waals surface area contributed by atoms with E-state index in [4.69, 9.17) is 4.42 Å². The molecule has 0 aliphatic rings. The first-order valence-corrected chi connectivity index (χ1v) is 8.66. The maximum atomic E-state index is 9.42. The summed E-state index contributed by atoms with van der Waals surface area (Å²) >= 11 is 0. The van der Waals surface area contributed by atoms with Crippen LogP contribution in [0.1, 0.15) is 30.9 Å². The van der Waals surface area contributed by atoms with E-state index in [-0.39, 0.29) is 0 Å². The van der Waals surface area contributed by atoms with Crippen LogP contribution < -0.4 is 5.46 Å². The van der Waals surface area contributed by atoms with Gasteiger partial charge in [-0.3, -0.25) is 4.98 Å². The van der Waals surface area contributed by atoms with Gasteiger partial charge < -0.3 is 14.5 Å². The smallest absolute Gasteiger partial charge is 0.456 e. The van der Waals surface area contributed by atoms with Crippen LogP contribution in [0.3, 0.4) is 0 Å². The Balaban J connectivity index is 0.000000236. The van der Waals surface area contributed by atoms with Crippen LogP contribution in [-0.4, -0.2) is 22.2 Å². The largest absolute Gasteiger partial charge is 0.492 e. The molecule has 132 valence electrons. The Hall–Kier alpha value is -2.63. The second-order valence-corrected chi connectivity index (χ2v) is 6.60. The van der Waals surface area contributed by atoms with Gasteiger partial charge in [0.25, 0.3) is 0 Å². The number of para-hydroxylation sites is 2. The number of aromatic nitrogens is 1. The Kier molecular flexibility index (Phi) is 5.40. The number of hydrogen-bond acceptors (Lipinski definition) is 4. The van der Waals surface area contributed by atoms with Crippen LogP contribution in [0.2, 0.25) is 0 Å². The first kappa shape index (κ1) is 18.2. The van der Waals surface area contributed by atoms with E-state index in [1.54, 1.807) is 18.5 Å². The number of hydrogen-bond donors (Lipinski definition) is 2. The lowest BCUT2D eigenvalue weighted by molar-refractivity contribution is 0.425. The number of nitrogens with zero attached hydrogens (tertiary/aromatic N) is 1. The summed E-state index contributed by atoms with van der Waals surface area (Å²) in [6.07, 6.45) is 3.57. The first-order valence-electron chi connectivity index (χ1n) is 8.66. The zero-order valence-electron chi connectivity index (χ0n) is 15.2. The fraction of sp³-hybridized carbons (Fsp3) is 0.190. The third-order valence-corrected chi connectivity index (χ3v) is 4.33. The van der Waals surface area contributed by atoms with Gasteiger partial charge in [-0.1, -0.05) is 50.2 Å². The summed E-state index contributed by atoms with van der Waals surface area (Å²) in [5.74, 6) is 0.353. The lowest BCUT2D eigenvalue weighted by atomic mass is 9.79. The molecule has 2 aromatic heterocycles. The molecule has 26 heavy (non-hydrogen) atoms. The number of fused-ring (bicyclic) bond motifs is 3. The highest BCUT2D eigenvalue weighted by Gasteiger charge is 2.20. The molecule has 0 saturated carbocycles.